The highest BCUT2D eigenvalue weighted by molar-refractivity contribution is 5.85. The van der Waals surface area contributed by atoms with Crippen molar-refractivity contribution < 1.29 is 22.7 Å². The van der Waals surface area contributed by atoms with Gasteiger partial charge in [-0.3, -0.25) is 0 Å². The lowest BCUT2D eigenvalue weighted by atomic mass is 9.81. The lowest BCUT2D eigenvalue weighted by Gasteiger charge is -2.30. The van der Waals surface area contributed by atoms with Crippen molar-refractivity contribution in [2.45, 2.75) is 26.1 Å². The molecular weight excluding hydrogens is 286 g/mol. The van der Waals surface area contributed by atoms with Crippen molar-refractivity contribution >= 4 is 12.4 Å². The third-order valence-corrected chi connectivity index (χ3v) is 2.91. The van der Waals surface area contributed by atoms with E-state index in [-0.39, 0.29) is 24.6 Å². The number of aliphatic hydroxyl groups is 1. The fourth-order valence-corrected chi connectivity index (χ4v) is 1.47. The summed E-state index contributed by atoms with van der Waals surface area (Å²) in [7, 11) is 0. The molecule has 0 aromatic heterocycles. The van der Waals surface area contributed by atoms with Crippen molar-refractivity contribution in [3.05, 3.63) is 35.1 Å². The highest BCUT2D eigenvalue weighted by atomic mass is 35.5. The van der Waals surface area contributed by atoms with E-state index in [1.54, 1.807) is 13.8 Å². The zero-order valence-corrected chi connectivity index (χ0v) is 11.3. The lowest BCUT2D eigenvalue weighted by molar-refractivity contribution is -0.137. The Kier molecular flexibility index (Phi) is 5.80. The minimum Gasteiger partial charge on any atom is -0.396 e. The van der Waals surface area contributed by atoms with Crippen LogP contribution in [0.15, 0.2) is 18.2 Å². The second kappa shape index (κ2) is 6.07. The van der Waals surface area contributed by atoms with Gasteiger partial charge in [0.1, 0.15) is 5.82 Å². The van der Waals surface area contributed by atoms with Crippen molar-refractivity contribution in [1.82, 2.24) is 0 Å². The van der Waals surface area contributed by atoms with Crippen LogP contribution in [0.25, 0.3) is 0 Å². The molecule has 7 heteroatoms. The fraction of sp³-hybridized carbons (Fsp3) is 0.500. The van der Waals surface area contributed by atoms with Crippen LogP contribution in [0.5, 0.6) is 0 Å². The Morgan fingerprint density at radius 1 is 1.26 bits per heavy atom. The molecule has 0 saturated carbocycles. The summed E-state index contributed by atoms with van der Waals surface area (Å²) in [4.78, 5) is 0. The number of alkyl halides is 3. The molecule has 1 rings (SSSR count). The van der Waals surface area contributed by atoms with Gasteiger partial charge in [-0.25, -0.2) is 4.39 Å². The molecule has 19 heavy (non-hydrogen) atoms. The van der Waals surface area contributed by atoms with Crippen LogP contribution >= 0.6 is 12.4 Å². The number of hydrogen-bond donors (Lipinski definition) is 2. The standard InChI is InChI=1S/C12H15F4NO.ClH/c1-11(2,6-18)10(17)8-4-3-7(5-9(8)13)12(14,15)16;/h3-5,10,18H,6,17H2,1-2H3;1H/t10-;/m1./s1. The van der Waals surface area contributed by atoms with Crippen molar-refractivity contribution in [2.75, 3.05) is 6.61 Å². The zero-order valence-electron chi connectivity index (χ0n) is 10.5. The predicted molar refractivity (Wildman–Crippen MR) is 66.4 cm³/mol. The first-order chi connectivity index (χ1) is 8.09. The summed E-state index contributed by atoms with van der Waals surface area (Å²) in [6.07, 6.45) is -4.59. The van der Waals surface area contributed by atoms with Crippen LogP contribution in [0.3, 0.4) is 0 Å². The third-order valence-electron chi connectivity index (χ3n) is 2.91. The Labute approximate surface area is 115 Å². The molecule has 1 atom stereocenters. The second-order valence-corrected chi connectivity index (χ2v) is 4.86. The molecule has 0 aliphatic carbocycles. The molecule has 2 nitrogen and oxygen atoms in total. The number of nitrogens with two attached hydrogens (primary N) is 1. The molecule has 0 amide bonds. The van der Waals surface area contributed by atoms with Crippen LogP contribution < -0.4 is 5.73 Å². The minimum atomic E-state index is -4.59. The largest absolute Gasteiger partial charge is 0.416 e. The molecule has 0 saturated heterocycles. The lowest BCUT2D eigenvalue weighted by Crippen LogP contribution is -2.33. The highest BCUT2D eigenvalue weighted by Crippen LogP contribution is 2.35. The summed E-state index contributed by atoms with van der Waals surface area (Å²) in [5.41, 5.74) is 3.85. The number of halogens is 5. The first-order valence-corrected chi connectivity index (χ1v) is 5.32. The first-order valence-electron chi connectivity index (χ1n) is 5.32. The quantitative estimate of drug-likeness (QED) is 0.842. The average Bonchev–Trinajstić information content (AvgIpc) is 2.26. The molecule has 0 heterocycles. The van der Waals surface area contributed by atoms with E-state index >= 15 is 0 Å². The van der Waals surface area contributed by atoms with Gasteiger partial charge in [0, 0.05) is 23.6 Å². The van der Waals surface area contributed by atoms with Crippen LogP contribution in [0.1, 0.15) is 31.0 Å². The van der Waals surface area contributed by atoms with Crippen molar-refractivity contribution in [3.8, 4) is 0 Å². The van der Waals surface area contributed by atoms with Gasteiger partial charge in [-0.15, -0.1) is 12.4 Å². The maximum absolute atomic E-state index is 13.6. The summed E-state index contributed by atoms with van der Waals surface area (Å²) in [6, 6.07) is 1.33. The van der Waals surface area contributed by atoms with E-state index in [1.807, 2.05) is 0 Å². The van der Waals surface area contributed by atoms with Crippen LogP contribution in [-0.2, 0) is 6.18 Å². The number of benzene rings is 1. The Morgan fingerprint density at radius 2 is 1.79 bits per heavy atom. The van der Waals surface area contributed by atoms with Gasteiger partial charge in [-0.1, -0.05) is 19.9 Å². The van der Waals surface area contributed by atoms with Crippen LogP contribution in [0.2, 0.25) is 0 Å². The summed E-state index contributed by atoms with van der Waals surface area (Å²) < 4.78 is 50.7. The first kappa shape index (κ1) is 18.1. The average molecular weight is 302 g/mol. The monoisotopic (exact) mass is 301 g/mol. The van der Waals surface area contributed by atoms with Crippen molar-refractivity contribution in [3.63, 3.8) is 0 Å². The van der Waals surface area contributed by atoms with Gasteiger partial charge < -0.3 is 10.8 Å². The number of aliphatic hydroxyl groups excluding tert-OH is 1. The molecule has 0 aliphatic rings. The summed E-state index contributed by atoms with van der Waals surface area (Å²) in [6.45, 7) is 2.91. The maximum Gasteiger partial charge on any atom is 0.416 e. The minimum absolute atomic E-state index is 0. The second-order valence-electron chi connectivity index (χ2n) is 4.86. The van der Waals surface area contributed by atoms with E-state index in [0.29, 0.717) is 6.07 Å². The molecular formula is C12H16ClF4NO. The van der Waals surface area contributed by atoms with Crippen molar-refractivity contribution in [1.29, 1.82) is 0 Å². The molecule has 0 bridgehead atoms. The summed E-state index contributed by atoms with van der Waals surface area (Å²) in [5.74, 6) is -1.01. The highest BCUT2D eigenvalue weighted by Gasteiger charge is 2.33. The predicted octanol–water partition coefficient (Wildman–Crippen LogP) is 3.28. The van der Waals surface area contributed by atoms with Crippen LogP contribution in [-0.4, -0.2) is 11.7 Å². The normalized spacial score (nSPS) is 13.9. The Balaban J connectivity index is 0.00000324. The van der Waals surface area contributed by atoms with Gasteiger partial charge in [0.05, 0.1) is 5.56 Å². The van der Waals surface area contributed by atoms with Crippen molar-refractivity contribution in [2.24, 2.45) is 11.1 Å². The summed E-state index contributed by atoms with van der Waals surface area (Å²) >= 11 is 0. The van der Waals surface area contributed by atoms with Gasteiger partial charge in [0.2, 0.25) is 0 Å². The molecule has 3 N–H and O–H groups in total. The van der Waals surface area contributed by atoms with E-state index in [9.17, 15) is 17.6 Å². The Bertz CT molecular complexity index is 434. The third kappa shape index (κ3) is 4.06. The molecule has 1 aromatic carbocycles. The van der Waals surface area contributed by atoms with Crippen LogP contribution in [0.4, 0.5) is 17.6 Å². The van der Waals surface area contributed by atoms with E-state index in [0.717, 1.165) is 12.1 Å². The van der Waals surface area contributed by atoms with Gasteiger partial charge in [-0.05, 0) is 12.1 Å². The molecule has 0 fully saturated rings. The topological polar surface area (TPSA) is 46.2 Å². The van der Waals surface area contributed by atoms with Gasteiger partial charge in [0.15, 0.2) is 0 Å². The molecule has 0 aliphatic heterocycles. The number of rotatable bonds is 3. The smallest absolute Gasteiger partial charge is 0.396 e. The fourth-order valence-electron chi connectivity index (χ4n) is 1.47. The van der Waals surface area contributed by atoms with Gasteiger partial charge in [-0.2, -0.15) is 13.2 Å². The van der Waals surface area contributed by atoms with E-state index < -0.39 is 29.0 Å². The summed E-state index contributed by atoms with van der Waals surface area (Å²) in [5, 5.41) is 9.12. The van der Waals surface area contributed by atoms with E-state index in [2.05, 4.69) is 0 Å². The van der Waals surface area contributed by atoms with E-state index in [1.165, 1.54) is 0 Å². The number of hydrogen-bond acceptors (Lipinski definition) is 2. The zero-order chi connectivity index (χ0) is 14.1. The molecule has 110 valence electrons. The van der Waals surface area contributed by atoms with Gasteiger partial charge in [0.25, 0.3) is 0 Å². The van der Waals surface area contributed by atoms with Gasteiger partial charge >= 0.3 is 6.18 Å². The Morgan fingerprint density at radius 3 is 2.16 bits per heavy atom. The molecule has 0 radical (unpaired) electrons. The Hall–Kier alpha value is -0.850. The van der Waals surface area contributed by atoms with Crippen LogP contribution in [0, 0.1) is 11.2 Å². The van der Waals surface area contributed by atoms with E-state index in [4.69, 9.17) is 10.8 Å². The SMILES string of the molecule is CC(C)(CO)[C@H](N)c1ccc(C(F)(F)F)cc1F.Cl. The molecule has 0 spiro atoms. The molecule has 1 aromatic rings. The maximum atomic E-state index is 13.6. The molecule has 0 unspecified atom stereocenters.